The van der Waals surface area contributed by atoms with Crippen molar-refractivity contribution in [3.63, 3.8) is 0 Å². The topological polar surface area (TPSA) is 96.0 Å². The molecular weight excluding hydrogens is 562 g/mol. The summed E-state index contributed by atoms with van der Waals surface area (Å²) in [6, 6.07) is 20.7. The van der Waals surface area contributed by atoms with Crippen LogP contribution in [0.4, 0.5) is 5.69 Å². The van der Waals surface area contributed by atoms with Crippen LogP contribution in [0.15, 0.2) is 83.8 Å². The SMILES string of the molecule is COc1ccc(S(=O)(=O)N(CC(=O)N(Cc2cccc(Cl)c2)C(C)C(=O)NC2CCCCC2)c2ccccc2)cc1. The fourth-order valence-corrected chi connectivity index (χ4v) is 6.61. The molecule has 1 atom stereocenters. The molecule has 1 N–H and O–H groups in total. The Morgan fingerprint density at radius 2 is 1.66 bits per heavy atom. The van der Waals surface area contributed by atoms with E-state index in [1.807, 2.05) is 6.07 Å². The van der Waals surface area contributed by atoms with Crippen molar-refractivity contribution in [3.05, 3.63) is 89.4 Å². The van der Waals surface area contributed by atoms with Crippen LogP contribution in [0.1, 0.15) is 44.6 Å². The standard InChI is InChI=1S/C31H36ClN3O5S/c1-23(31(37)33-26-12-5-3-6-13-26)34(21-24-10-9-11-25(32)20-24)30(36)22-35(27-14-7-4-8-15-27)41(38,39)29-18-16-28(40-2)17-19-29/h4,7-11,14-20,23,26H,3,5-6,12-13,21-22H2,1-2H3,(H,33,37). The minimum atomic E-state index is -4.15. The van der Waals surface area contributed by atoms with Crippen LogP contribution in [0, 0.1) is 0 Å². The van der Waals surface area contributed by atoms with Crippen LogP contribution in [0.5, 0.6) is 5.75 Å². The van der Waals surface area contributed by atoms with Crippen molar-refractivity contribution in [2.45, 2.75) is 62.6 Å². The highest BCUT2D eigenvalue weighted by Crippen LogP contribution is 2.26. The molecule has 1 saturated carbocycles. The zero-order valence-electron chi connectivity index (χ0n) is 23.3. The number of carbonyl (C=O) groups is 2. The molecule has 0 bridgehead atoms. The van der Waals surface area contributed by atoms with Gasteiger partial charge < -0.3 is 15.0 Å². The van der Waals surface area contributed by atoms with Crippen molar-refractivity contribution in [3.8, 4) is 5.75 Å². The Morgan fingerprint density at radius 1 is 0.976 bits per heavy atom. The summed E-state index contributed by atoms with van der Waals surface area (Å²) in [5.74, 6) is -0.273. The van der Waals surface area contributed by atoms with E-state index in [1.54, 1.807) is 67.6 Å². The highest BCUT2D eigenvalue weighted by molar-refractivity contribution is 7.92. The predicted molar refractivity (Wildman–Crippen MR) is 160 cm³/mol. The molecule has 1 aliphatic rings. The fraction of sp³-hybridized carbons (Fsp3) is 0.355. The van der Waals surface area contributed by atoms with Crippen LogP contribution in [0.3, 0.4) is 0 Å². The molecule has 218 valence electrons. The fourth-order valence-electron chi connectivity index (χ4n) is 4.98. The van der Waals surface area contributed by atoms with E-state index in [1.165, 1.54) is 24.1 Å². The summed E-state index contributed by atoms with van der Waals surface area (Å²) < 4.78 is 34.0. The lowest BCUT2D eigenvalue weighted by Gasteiger charge is -2.33. The van der Waals surface area contributed by atoms with Gasteiger partial charge in [-0.05, 0) is 73.9 Å². The average Bonchev–Trinajstić information content (AvgIpc) is 2.99. The van der Waals surface area contributed by atoms with Crippen LogP contribution >= 0.6 is 11.6 Å². The highest BCUT2D eigenvalue weighted by Gasteiger charge is 2.33. The number of sulfonamides is 1. The quantitative estimate of drug-likeness (QED) is 0.319. The third kappa shape index (κ3) is 7.80. The van der Waals surface area contributed by atoms with Crippen molar-refractivity contribution in [1.82, 2.24) is 10.2 Å². The van der Waals surface area contributed by atoms with Gasteiger partial charge in [0.2, 0.25) is 11.8 Å². The van der Waals surface area contributed by atoms with E-state index in [4.69, 9.17) is 16.3 Å². The Hall–Kier alpha value is -3.56. The number of para-hydroxylation sites is 1. The van der Waals surface area contributed by atoms with Gasteiger partial charge in [-0.25, -0.2) is 8.42 Å². The van der Waals surface area contributed by atoms with Crippen LogP contribution < -0.4 is 14.4 Å². The van der Waals surface area contributed by atoms with E-state index < -0.39 is 28.5 Å². The maximum atomic E-state index is 14.0. The largest absolute Gasteiger partial charge is 0.497 e. The molecule has 0 saturated heterocycles. The number of anilines is 1. The molecule has 1 unspecified atom stereocenters. The molecule has 1 fully saturated rings. The Kier molecular flexibility index (Phi) is 10.3. The molecule has 1 aliphatic carbocycles. The molecule has 10 heteroatoms. The summed E-state index contributed by atoms with van der Waals surface area (Å²) >= 11 is 6.21. The van der Waals surface area contributed by atoms with Crippen LogP contribution in [0.25, 0.3) is 0 Å². The number of hydrogen-bond donors (Lipinski definition) is 1. The van der Waals surface area contributed by atoms with Crippen molar-refractivity contribution in [2.24, 2.45) is 0 Å². The van der Waals surface area contributed by atoms with E-state index in [2.05, 4.69) is 5.32 Å². The average molecular weight is 598 g/mol. The number of ether oxygens (including phenoxy) is 1. The molecule has 0 aromatic heterocycles. The van der Waals surface area contributed by atoms with Crippen molar-refractivity contribution < 1.29 is 22.7 Å². The molecule has 3 aromatic carbocycles. The zero-order chi connectivity index (χ0) is 29.4. The number of hydrogen-bond acceptors (Lipinski definition) is 5. The molecular formula is C31H36ClN3O5S. The Labute approximate surface area is 247 Å². The summed E-state index contributed by atoms with van der Waals surface area (Å²) in [5, 5.41) is 3.60. The molecule has 2 amide bonds. The van der Waals surface area contributed by atoms with Gasteiger partial charge in [0.1, 0.15) is 18.3 Å². The number of nitrogens with zero attached hydrogens (tertiary/aromatic N) is 2. The number of methoxy groups -OCH3 is 1. The first-order chi connectivity index (χ1) is 19.7. The van der Waals surface area contributed by atoms with E-state index in [-0.39, 0.29) is 23.4 Å². The second-order valence-corrected chi connectivity index (χ2v) is 12.5. The van der Waals surface area contributed by atoms with E-state index in [0.717, 1.165) is 42.0 Å². The predicted octanol–water partition coefficient (Wildman–Crippen LogP) is 5.41. The monoisotopic (exact) mass is 597 g/mol. The van der Waals surface area contributed by atoms with Gasteiger partial charge in [-0.2, -0.15) is 0 Å². The van der Waals surface area contributed by atoms with Gasteiger partial charge in [0.15, 0.2) is 0 Å². The maximum Gasteiger partial charge on any atom is 0.264 e. The van der Waals surface area contributed by atoms with Gasteiger partial charge in [0, 0.05) is 17.6 Å². The first-order valence-electron chi connectivity index (χ1n) is 13.7. The highest BCUT2D eigenvalue weighted by atomic mass is 35.5. The van der Waals surface area contributed by atoms with E-state index in [9.17, 15) is 18.0 Å². The van der Waals surface area contributed by atoms with Gasteiger partial charge >= 0.3 is 0 Å². The van der Waals surface area contributed by atoms with Crippen LogP contribution in [-0.2, 0) is 26.2 Å². The number of benzene rings is 3. The van der Waals surface area contributed by atoms with Gasteiger partial charge in [-0.3, -0.25) is 13.9 Å². The molecule has 0 aliphatic heterocycles. The maximum absolute atomic E-state index is 14.0. The number of carbonyl (C=O) groups excluding carboxylic acids is 2. The molecule has 0 radical (unpaired) electrons. The Bertz CT molecular complexity index is 1430. The van der Waals surface area contributed by atoms with Crippen LogP contribution in [-0.4, -0.2) is 50.9 Å². The van der Waals surface area contributed by atoms with Gasteiger partial charge in [-0.1, -0.05) is 61.2 Å². The molecule has 8 nitrogen and oxygen atoms in total. The molecule has 0 spiro atoms. The third-order valence-electron chi connectivity index (χ3n) is 7.33. The zero-order valence-corrected chi connectivity index (χ0v) is 24.9. The first-order valence-corrected chi connectivity index (χ1v) is 15.6. The third-order valence-corrected chi connectivity index (χ3v) is 9.35. The second-order valence-electron chi connectivity index (χ2n) is 10.2. The molecule has 3 aromatic rings. The first kappa shape index (κ1) is 30.4. The Morgan fingerprint density at radius 3 is 2.29 bits per heavy atom. The van der Waals surface area contributed by atoms with E-state index in [0.29, 0.717) is 16.5 Å². The van der Waals surface area contributed by atoms with Crippen molar-refractivity contribution >= 4 is 39.1 Å². The number of halogens is 1. The smallest absolute Gasteiger partial charge is 0.264 e. The van der Waals surface area contributed by atoms with Gasteiger partial charge in [0.05, 0.1) is 17.7 Å². The summed E-state index contributed by atoms with van der Waals surface area (Å²) in [5.41, 5.74) is 1.06. The Balaban J connectivity index is 1.65. The van der Waals surface area contributed by atoms with E-state index >= 15 is 0 Å². The second kappa shape index (κ2) is 13.9. The lowest BCUT2D eigenvalue weighted by Crippen LogP contribution is -2.53. The van der Waals surface area contributed by atoms with Crippen molar-refractivity contribution in [1.29, 1.82) is 0 Å². The number of nitrogens with one attached hydrogen (secondary N) is 1. The van der Waals surface area contributed by atoms with Crippen LogP contribution in [0.2, 0.25) is 5.02 Å². The lowest BCUT2D eigenvalue weighted by atomic mass is 9.95. The minimum absolute atomic E-state index is 0.0134. The summed E-state index contributed by atoms with van der Waals surface area (Å²) in [4.78, 5) is 28.8. The summed E-state index contributed by atoms with van der Waals surface area (Å²) in [7, 11) is -2.65. The summed E-state index contributed by atoms with van der Waals surface area (Å²) in [6.07, 6.45) is 5.07. The van der Waals surface area contributed by atoms with Crippen molar-refractivity contribution in [2.75, 3.05) is 18.0 Å². The molecule has 41 heavy (non-hydrogen) atoms. The number of rotatable bonds is 11. The molecule has 4 rings (SSSR count). The van der Waals surface area contributed by atoms with Gasteiger partial charge in [0.25, 0.3) is 10.0 Å². The normalized spacial score (nSPS) is 14.6. The lowest BCUT2D eigenvalue weighted by molar-refractivity contribution is -0.139. The number of amides is 2. The van der Waals surface area contributed by atoms with Gasteiger partial charge in [-0.15, -0.1) is 0 Å². The molecule has 0 heterocycles. The minimum Gasteiger partial charge on any atom is -0.497 e. The summed E-state index contributed by atoms with van der Waals surface area (Å²) in [6.45, 7) is 1.26.